The van der Waals surface area contributed by atoms with Gasteiger partial charge in [-0.1, -0.05) is 26.1 Å². The first-order valence-electron chi connectivity index (χ1n) is 6.07. The highest BCUT2D eigenvalue weighted by Gasteiger charge is 2.28. The summed E-state index contributed by atoms with van der Waals surface area (Å²) < 4.78 is 6.64. The molecule has 2 rings (SSSR count). The first-order chi connectivity index (χ1) is 9.02. The molecule has 0 spiro atoms. The van der Waals surface area contributed by atoms with Gasteiger partial charge in [0.1, 0.15) is 10.5 Å². The fraction of sp³-hybridized carbons (Fsp3) is 0.667. The van der Waals surface area contributed by atoms with Crippen LogP contribution in [0, 0.1) is 4.64 Å². The quantitative estimate of drug-likeness (QED) is 0.789. The summed E-state index contributed by atoms with van der Waals surface area (Å²) in [5.74, 6) is 2.04. The standard InChI is InChI=1S/C12H17BrN2OS3/c1-6-7(2)19-9(5-18-6)11-14-8(4-16-3)10(13)12(17)15-11/h6-7,9H,4-5H2,1-3H3,(H,14,15,17). The summed E-state index contributed by atoms with van der Waals surface area (Å²) in [7, 11) is 1.68. The second-order valence-electron chi connectivity index (χ2n) is 4.52. The lowest BCUT2D eigenvalue weighted by atomic mass is 10.3. The number of rotatable bonds is 3. The Kier molecular flexibility index (Phi) is 5.77. The average Bonchev–Trinajstić information content (AvgIpc) is 2.38. The van der Waals surface area contributed by atoms with Gasteiger partial charge >= 0.3 is 0 Å². The number of aromatic nitrogens is 2. The van der Waals surface area contributed by atoms with Gasteiger partial charge in [0.25, 0.3) is 0 Å². The highest BCUT2D eigenvalue weighted by Crippen LogP contribution is 2.43. The van der Waals surface area contributed by atoms with Crippen molar-refractivity contribution in [2.24, 2.45) is 0 Å². The number of halogens is 1. The smallest absolute Gasteiger partial charge is 0.144 e. The van der Waals surface area contributed by atoms with Gasteiger partial charge in [-0.2, -0.15) is 11.8 Å². The van der Waals surface area contributed by atoms with Gasteiger partial charge in [0.2, 0.25) is 0 Å². The summed E-state index contributed by atoms with van der Waals surface area (Å²) in [6.45, 7) is 5.07. The fourth-order valence-corrected chi connectivity index (χ4v) is 5.24. The molecular weight excluding hydrogens is 364 g/mol. The van der Waals surface area contributed by atoms with Crippen molar-refractivity contribution in [2.75, 3.05) is 12.9 Å². The van der Waals surface area contributed by atoms with E-state index in [-0.39, 0.29) is 0 Å². The molecule has 1 N–H and O–H groups in total. The first kappa shape index (κ1) is 15.8. The third kappa shape index (κ3) is 3.75. The van der Waals surface area contributed by atoms with Crippen molar-refractivity contribution >= 4 is 51.7 Å². The minimum absolute atomic E-state index is 0.376. The number of aromatic amines is 1. The number of H-pyrrole nitrogens is 1. The van der Waals surface area contributed by atoms with Gasteiger partial charge in [0.15, 0.2) is 0 Å². The van der Waals surface area contributed by atoms with E-state index in [0.717, 1.165) is 21.7 Å². The minimum Gasteiger partial charge on any atom is -0.378 e. The summed E-state index contributed by atoms with van der Waals surface area (Å²) in [4.78, 5) is 7.90. The molecule has 7 heteroatoms. The van der Waals surface area contributed by atoms with Crippen LogP contribution in [0.1, 0.15) is 30.6 Å². The van der Waals surface area contributed by atoms with Crippen molar-refractivity contribution in [1.82, 2.24) is 9.97 Å². The van der Waals surface area contributed by atoms with Crippen LogP contribution < -0.4 is 0 Å². The van der Waals surface area contributed by atoms with Gasteiger partial charge in [-0.05, 0) is 15.9 Å². The number of hydrogen-bond donors (Lipinski definition) is 1. The van der Waals surface area contributed by atoms with E-state index in [1.54, 1.807) is 7.11 Å². The van der Waals surface area contributed by atoms with Crippen molar-refractivity contribution in [3.05, 3.63) is 20.6 Å². The Labute approximate surface area is 135 Å². The summed E-state index contributed by atoms with van der Waals surface area (Å²) in [6, 6.07) is 0. The third-order valence-electron chi connectivity index (χ3n) is 3.10. The normalized spacial score (nSPS) is 27.5. The molecule has 0 aromatic carbocycles. The topological polar surface area (TPSA) is 37.9 Å². The van der Waals surface area contributed by atoms with Crippen LogP contribution in [0.15, 0.2) is 4.47 Å². The molecule has 0 saturated carbocycles. The molecule has 1 aliphatic rings. The monoisotopic (exact) mass is 380 g/mol. The first-order valence-corrected chi connectivity index (χ1v) is 9.26. The van der Waals surface area contributed by atoms with Gasteiger partial charge in [0, 0.05) is 23.4 Å². The Morgan fingerprint density at radius 1 is 1.47 bits per heavy atom. The van der Waals surface area contributed by atoms with Gasteiger partial charge < -0.3 is 9.72 Å². The van der Waals surface area contributed by atoms with Crippen molar-refractivity contribution < 1.29 is 4.74 Å². The Morgan fingerprint density at radius 2 is 2.21 bits per heavy atom. The molecule has 1 saturated heterocycles. The summed E-state index contributed by atoms with van der Waals surface area (Å²) in [5, 5.41) is 1.70. The number of nitrogens with zero attached hydrogens (tertiary/aromatic N) is 1. The maximum Gasteiger partial charge on any atom is 0.144 e. The van der Waals surface area contributed by atoms with Crippen LogP contribution in [0.3, 0.4) is 0 Å². The van der Waals surface area contributed by atoms with Crippen molar-refractivity contribution in [3.63, 3.8) is 0 Å². The van der Waals surface area contributed by atoms with Crippen LogP contribution in [-0.2, 0) is 11.3 Å². The van der Waals surface area contributed by atoms with Gasteiger partial charge in [-0.25, -0.2) is 4.98 Å². The Balaban J connectivity index is 2.27. The van der Waals surface area contributed by atoms with Crippen LogP contribution in [0.4, 0.5) is 0 Å². The van der Waals surface area contributed by atoms with E-state index in [1.807, 2.05) is 23.5 Å². The summed E-state index contributed by atoms with van der Waals surface area (Å²) in [6.07, 6.45) is 0. The molecule has 19 heavy (non-hydrogen) atoms. The predicted octanol–water partition coefficient (Wildman–Crippen LogP) is 4.35. The highest BCUT2D eigenvalue weighted by molar-refractivity contribution is 9.10. The van der Waals surface area contributed by atoms with E-state index in [0.29, 0.717) is 27.0 Å². The molecule has 3 nitrogen and oxygen atoms in total. The van der Waals surface area contributed by atoms with Crippen molar-refractivity contribution in [2.45, 2.75) is 36.2 Å². The average molecular weight is 381 g/mol. The lowest BCUT2D eigenvalue weighted by Gasteiger charge is -2.30. The van der Waals surface area contributed by atoms with E-state index in [1.165, 1.54) is 0 Å². The van der Waals surface area contributed by atoms with Crippen LogP contribution in [0.25, 0.3) is 0 Å². The molecule has 0 aliphatic carbocycles. The van der Waals surface area contributed by atoms with Crippen LogP contribution in [0.2, 0.25) is 0 Å². The SMILES string of the molecule is COCc1[nH]c(C2CSC(C)C(C)S2)nc(=S)c1Br. The third-order valence-corrected chi connectivity index (χ3v) is 7.91. The number of hydrogen-bond acceptors (Lipinski definition) is 5. The summed E-state index contributed by atoms with van der Waals surface area (Å²) >= 11 is 12.8. The Hall–Kier alpha value is 0.440. The zero-order valence-corrected chi connectivity index (χ0v) is 15.1. The summed E-state index contributed by atoms with van der Waals surface area (Å²) in [5.41, 5.74) is 0.967. The number of nitrogens with one attached hydrogen (secondary N) is 1. The van der Waals surface area contributed by atoms with Gasteiger partial charge in [-0.15, -0.1) is 11.8 Å². The van der Waals surface area contributed by atoms with Gasteiger partial charge in [0.05, 0.1) is 22.0 Å². The lowest BCUT2D eigenvalue weighted by molar-refractivity contribution is 0.180. The molecular formula is C12H17BrN2OS3. The van der Waals surface area contributed by atoms with Crippen LogP contribution >= 0.6 is 51.7 Å². The molecule has 3 atom stereocenters. The largest absolute Gasteiger partial charge is 0.378 e. The second kappa shape index (κ2) is 6.93. The van der Waals surface area contributed by atoms with E-state index in [9.17, 15) is 0 Å². The molecule has 0 bridgehead atoms. The van der Waals surface area contributed by atoms with E-state index in [2.05, 4.69) is 39.7 Å². The number of methoxy groups -OCH3 is 1. The Bertz CT molecular complexity index is 508. The van der Waals surface area contributed by atoms with Crippen LogP contribution in [-0.4, -0.2) is 33.3 Å². The zero-order valence-electron chi connectivity index (χ0n) is 11.1. The molecule has 1 aliphatic heterocycles. The maximum absolute atomic E-state index is 5.31. The Morgan fingerprint density at radius 3 is 2.84 bits per heavy atom. The molecule has 1 fully saturated rings. The molecule has 1 aromatic rings. The second-order valence-corrected chi connectivity index (χ2v) is 8.70. The zero-order chi connectivity index (χ0) is 14.0. The molecule has 3 unspecified atom stereocenters. The fourth-order valence-electron chi connectivity index (χ4n) is 1.85. The molecule has 1 aromatic heterocycles. The van der Waals surface area contributed by atoms with E-state index >= 15 is 0 Å². The van der Waals surface area contributed by atoms with Gasteiger partial charge in [-0.3, -0.25) is 0 Å². The minimum atomic E-state index is 0.376. The number of ether oxygens (including phenoxy) is 1. The predicted molar refractivity (Wildman–Crippen MR) is 89.5 cm³/mol. The number of thioether (sulfide) groups is 2. The molecule has 2 heterocycles. The highest BCUT2D eigenvalue weighted by atomic mass is 79.9. The maximum atomic E-state index is 5.31. The molecule has 0 amide bonds. The van der Waals surface area contributed by atoms with E-state index in [4.69, 9.17) is 17.0 Å². The lowest BCUT2D eigenvalue weighted by Crippen LogP contribution is -2.23. The molecule has 106 valence electrons. The van der Waals surface area contributed by atoms with Crippen molar-refractivity contribution in [3.8, 4) is 0 Å². The molecule has 0 radical (unpaired) electrons. The van der Waals surface area contributed by atoms with E-state index < -0.39 is 0 Å². The van der Waals surface area contributed by atoms with Crippen molar-refractivity contribution in [1.29, 1.82) is 0 Å². The van der Waals surface area contributed by atoms with Crippen LogP contribution in [0.5, 0.6) is 0 Å².